The average molecular weight is 523 g/mol. The molecule has 0 atom stereocenters. The van der Waals surface area contributed by atoms with Crippen LogP contribution in [0.3, 0.4) is 0 Å². The van der Waals surface area contributed by atoms with Crippen LogP contribution in [0.1, 0.15) is 0 Å². The fraction of sp³-hybridized carbons (Fsp3) is 0. The van der Waals surface area contributed by atoms with E-state index in [1.54, 1.807) is 18.2 Å². The average Bonchev–Trinajstić information content (AvgIpc) is 3.49. The minimum absolute atomic E-state index is 0.0199. The van der Waals surface area contributed by atoms with Gasteiger partial charge in [0.1, 0.15) is 34.0 Å². The Hall–Kier alpha value is -4.86. The number of H-pyrrole nitrogens is 1. The number of benzene rings is 5. The van der Waals surface area contributed by atoms with Crippen molar-refractivity contribution in [1.82, 2.24) is 9.97 Å². The van der Waals surface area contributed by atoms with Gasteiger partial charge in [-0.3, -0.25) is 4.55 Å². The van der Waals surface area contributed by atoms with Gasteiger partial charge in [-0.25, -0.2) is 4.98 Å². The van der Waals surface area contributed by atoms with E-state index in [1.165, 1.54) is 6.07 Å². The van der Waals surface area contributed by atoms with E-state index < -0.39 is 15.0 Å². The maximum Gasteiger partial charge on any atom is 0.294 e. The monoisotopic (exact) mass is 522 g/mol. The van der Waals surface area contributed by atoms with Crippen molar-refractivity contribution in [2.24, 2.45) is 0 Å². The van der Waals surface area contributed by atoms with Crippen molar-refractivity contribution in [1.29, 1.82) is 0 Å². The Bertz CT molecular complexity index is 2190. The SMILES string of the molecule is O=S(=O)(O)c1cc(O)c2c(ccc3[nH]c(-c4cccc(-c5cccc6oc7ccccc7c56)c4O)nc32)c1. The van der Waals surface area contributed by atoms with Crippen LogP contribution in [0.15, 0.2) is 94.2 Å². The summed E-state index contributed by atoms with van der Waals surface area (Å²) in [7, 11) is -4.50. The lowest BCUT2D eigenvalue weighted by Crippen LogP contribution is -1.97. The quantitative estimate of drug-likeness (QED) is 0.192. The molecule has 0 unspecified atom stereocenters. The van der Waals surface area contributed by atoms with E-state index in [4.69, 9.17) is 4.42 Å². The van der Waals surface area contributed by atoms with Crippen LogP contribution in [-0.2, 0) is 10.1 Å². The molecular formula is C29H18N2O6S. The molecule has 38 heavy (non-hydrogen) atoms. The van der Waals surface area contributed by atoms with Crippen molar-refractivity contribution in [2.75, 3.05) is 0 Å². The van der Waals surface area contributed by atoms with Crippen LogP contribution in [-0.4, -0.2) is 33.2 Å². The van der Waals surface area contributed by atoms with Crippen molar-refractivity contribution in [3.8, 4) is 34.0 Å². The highest BCUT2D eigenvalue weighted by Gasteiger charge is 2.20. The Balaban J connectivity index is 1.44. The molecule has 0 radical (unpaired) electrons. The largest absolute Gasteiger partial charge is 0.507 e. The molecule has 0 fully saturated rings. The van der Waals surface area contributed by atoms with Gasteiger partial charge in [0.05, 0.1) is 21.4 Å². The third-order valence-electron chi connectivity index (χ3n) is 6.80. The number of aromatic nitrogens is 2. The fourth-order valence-electron chi connectivity index (χ4n) is 5.11. The summed E-state index contributed by atoms with van der Waals surface area (Å²) in [6.07, 6.45) is 0. The molecule has 4 N–H and O–H groups in total. The molecule has 9 heteroatoms. The number of phenolic OH excluding ortho intramolecular Hbond substituents is 2. The lowest BCUT2D eigenvalue weighted by molar-refractivity contribution is 0.471. The molecule has 8 nitrogen and oxygen atoms in total. The molecule has 0 aliphatic heterocycles. The van der Waals surface area contributed by atoms with Gasteiger partial charge in [-0.05, 0) is 41.3 Å². The van der Waals surface area contributed by atoms with Gasteiger partial charge in [0.25, 0.3) is 10.1 Å². The smallest absolute Gasteiger partial charge is 0.294 e. The van der Waals surface area contributed by atoms with Gasteiger partial charge in [-0.2, -0.15) is 8.42 Å². The molecule has 0 saturated heterocycles. The van der Waals surface area contributed by atoms with Crippen molar-refractivity contribution in [3.63, 3.8) is 0 Å². The minimum atomic E-state index is -4.50. The van der Waals surface area contributed by atoms with E-state index in [2.05, 4.69) is 9.97 Å². The summed E-state index contributed by atoms with van der Waals surface area (Å²) in [5.41, 5.74) is 4.30. The highest BCUT2D eigenvalue weighted by atomic mass is 32.2. The van der Waals surface area contributed by atoms with Crippen LogP contribution in [0, 0.1) is 0 Å². The number of fused-ring (bicyclic) bond motifs is 6. The van der Waals surface area contributed by atoms with Crippen molar-refractivity contribution < 1.29 is 27.6 Å². The molecule has 7 rings (SSSR count). The second-order valence-electron chi connectivity index (χ2n) is 9.04. The molecule has 7 aromatic rings. The summed E-state index contributed by atoms with van der Waals surface area (Å²) in [5, 5.41) is 24.6. The number of aromatic amines is 1. The van der Waals surface area contributed by atoms with E-state index >= 15 is 0 Å². The van der Waals surface area contributed by atoms with Gasteiger partial charge < -0.3 is 19.6 Å². The first-order valence-electron chi connectivity index (χ1n) is 11.7. The number of imidazole rings is 1. The molecule has 0 aliphatic rings. The van der Waals surface area contributed by atoms with Gasteiger partial charge in [-0.1, -0.05) is 48.5 Å². The summed E-state index contributed by atoms with van der Waals surface area (Å²) in [6, 6.07) is 24.4. The summed E-state index contributed by atoms with van der Waals surface area (Å²) >= 11 is 0. The highest BCUT2D eigenvalue weighted by Crippen LogP contribution is 2.43. The lowest BCUT2D eigenvalue weighted by Gasteiger charge is -2.10. The van der Waals surface area contributed by atoms with E-state index in [0.717, 1.165) is 28.0 Å². The molecule has 0 bridgehead atoms. The van der Waals surface area contributed by atoms with E-state index in [0.29, 0.717) is 44.3 Å². The van der Waals surface area contributed by atoms with E-state index in [-0.39, 0.29) is 11.5 Å². The molecule has 2 heterocycles. The maximum absolute atomic E-state index is 11.6. The maximum atomic E-state index is 11.6. The standard InChI is InChI=1S/C29H18N2O6S/c32-22-14-16(38(34,35)36)13-15-11-12-21-27(25(15)22)31-29(30-21)20-8-3-7-18(28(20)33)17-6-4-10-24-26(17)19-5-1-2-9-23(19)37-24/h1-14,32-33H,(H,30,31)(H,34,35,36). The third-order valence-corrected chi connectivity index (χ3v) is 7.63. The van der Waals surface area contributed by atoms with Crippen LogP contribution < -0.4 is 0 Å². The van der Waals surface area contributed by atoms with Crippen molar-refractivity contribution in [2.45, 2.75) is 4.90 Å². The Morgan fingerprint density at radius 1 is 0.763 bits per heavy atom. The number of hydrogen-bond donors (Lipinski definition) is 4. The molecule has 0 aliphatic carbocycles. The number of phenols is 2. The topological polar surface area (TPSA) is 137 Å². The molecule has 186 valence electrons. The van der Waals surface area contributed by atoms with E-state index in [9.17, 15) is 23.2 Å². The normalized spacial score (nSPS) is 12.2. The number of furan rings is 1. The molecule has 5 aromatic carbocycles. The first-order chi connectivity index (χ1) is 18.3. The van der Waals surface area contributed by atoms with Crippen LogP contribution in [0.5, 0.6) is 11.5 Å². The molecule has 2 aromatic heterocycles. The second-order valence-corrected chi connectivity index (χ2v) is 10.5. The first kappa shape index (κ1) is 22.3. The summed E-state index contributed by atoms with van der Waals surface area (Å²) in [6.45, 7) is 0. The lowest BCUT2D eigenvalue weighted by atomic mass is 9.96. The number of hydrogen-bond acceptors (Lipinski definition) is 6. The number of rotatable bonds is 3. The zero-order valence-corrected chi connectivity index (χ0v) is 20.3. The molecule has 0 amide bonds. The predicted octanol–water partition coefficient (Wildman–Crippen LogP) is 6.61. The Morgan fingerprint density at radius 3 is 2.34 bits per heavy atom. The van der Waals surface area contributed by atoms with Crippen molar-refractivity contribution >= 4 is 53.9 Å². The Morgan fingerprint density at radius 2 is 1.50 bits per heavy atom. The summed E-state index contributed by atoms with van der Waals surface area (Å²) < 4.78 is 38.6. The zero-order valence-electron chi connectivity index (χ0n) is 19.5. The fourth-order valence-corrected chi connectivity index (χ4v) is 5.65. The van der Waals surface area contributed by atoms with E-state index in [1.807, 2.05) is 54.6 Å². The number of para-hydroxylation sites is 2. The predicted molar refractivity (Wildman–Crippen MR) is 145 cm³/mol. The van der Waals surface area contributed by atoms with Crippen LogP contribution >= 0.6 is 0 Å². The Labute approximate surface area is 215 Å². The van der Waals surface area contributed by atoms with Crippen LogP contribution in [0.25, 0.3) is 66.3 Å². The third kappa shape index (κ3) is 3.26. The number of nitrogens with one attached hydrogen (secondary N) is 1. The van der Waals surface area contributed by atoms with Gasteiger partial charge in [-0.15, -0.1) is 0 Å². The van der Waals surface area contributed by atoms with Gasteiger partial charge in [0.2, 0.25) is 0 Å². The van der Waals surface area contributed by atoms with Gasteiger partial charge in [0, 0.05) is 22.4 Å². The Kier molecular flexibility index (Phi) is 4.60. The van der Waals surface area contributed by atoms with Crippen molar-refractivity contribution in [3.05, 3.63) is 84.9 Å². The molecule has 0 saturated carbocycles. The summed E-state index contributed by atoms with van der Waals surface area (Å²) in [4.78, 5) is 7.43. The van der Waals surface area contributed by atoms with Gasteiger partial charge >= 0.3 is 0 Å². The molecule has 0 spiro atoms. The number of aromatic hydroxyl groups is 2. The van der Waals surface area contributed by atoms with Crippen LogP contribution in [0.2, 0.25) is 0 Å². The summed E-state index contributed by atoms with van der Waals surface area (Å²) in [5.74, 6) is 0.0520. The van der Waals surface area contributed by atoms with Crippen LogP contribution in [0.4, 0.5) is 0 Å². The molecular weight excluding hydrogens is 504 g/mol. The second kappa shape index (κ2) is 7.82. The first-order valence-corrected chi connectivity index (χ1v) is 13.1. The minimum Gasteiger partial charge on any atom is -0.507 e. The zero-order chi connectivity index (χ0) is 26.2. The highest BCUT2D eigenvalue weighted by molar-refractivity contribution is 7.85. The van der Waals surface area contributed by atoms with Gasteiger partial charge in [0.15, 0.2) is 0 Å². The number of nitrogens with zero attached hydrogens (tertiary/aromatic N) is 1.